The van der Waals surface area contributed by atoms with Gasteiger partial charge in [0.15, 0.2) is 0 Å². The van der Waals surface area contributed by atoms with Crippen molar-refractivity contribution < 1.29 is 19.4 Å². The van der Waals surface area contributed by atoms with Gasteiger partial charge in [0.2, 0.25) is 0 Å². The fourth-order valence-electron chi connectivity index (χ4n) is 1.94. The summed E-state index contributed by atoms with van der Waals surface area (Å²) in [7, 11) is 1.49. The lowest BCUT2D eigenvalue weighted by atomic mass is 10.1. The second-order valence-corrected chi connectivity index (χ2v) is 4.79. The van der Waals surface area contributed by atoms with Crippen LogP contribution in [0.15, 0.2) is 18.2 Å². The summed E-state index contributed by atoms with van der Waals surface area (Å²) < 4.78 is 5.20. The third kappa shape index (κ3) is 3.73. The van der Waals surface area contributed by atoms with Crippen molar-refractivity contribution in [3.63, 3.8) is 0 Å². The average Bonchev–Trinajstić information content (AvgIpc) is 2.42. The molecule has 0 saturated heterocycles. The van der Waals surface area contributed by atoms with Crippen molar-refractivity contribution in [2.24, 2.45) is 0 Å². The number of ether oxygens (including phenoxy) is 1. The van der Waals surface area contributed by atoms with Gasteiger partial charge in [-0.1, -0.05) is 18.6 Å². The Morgan fingerprint density at radius 3 is 2.55 bits per heavy atom. The number of hydrogen-bond donors (Lipinski definition) is 1. The average molecular weight is 279 g/mol. The van der Waals surface area contributed by atoms with E-state index in [0.717, 1.165) is 5.56 Å². The molecule has 1 N–H and O–H groups in total. The summed E-state index contributed by atoms with van der Waals surface area (Å²) in [6.07, 6.45) is 0.688. The van der Waals surface area contributed by atoms with Gasteiger partial charge in [0.05, 0.1) is 12.7 Å². The molecule has 0 bridgehead atoms. The number of carbonyl (C=O) groups excluding carboxylic acids is 1. The van der Waals surface area contributed by atoms with E-state index in [2.05, 4.69) is 0 Å². The van der Waals surface area contributed by atoms with Gasteiger partial charge in [0.25, 0.3) is 5.91 Å². The normalized spacial score (nSPS) is 11.8. The van der Waals surface area contributed by atoms with Crippen molar-refractivity contribution in [3.8, 4) is 5.75 Å². The van der Waals surface area contributed by atoms with Crippen LogP contribution in [0, 0.1) is 6.92 Å². The van der Waals surface area contributed by atoms with Crippen molar-refractivity contribution in [2.75, 3.05) is 13.7 Å². The van der Waals surface area contributed by atoms with Crippen LogP contribution in [-0.4, -0.2) is 41.6 Å². The molecular weight excluding hydrogens is 258 g/mol. The zero-order valence-corrected chi connectivity index (χ0v) is 12.3. The van der Waals surface area contributed by atoms with E-state index in [1.165, 1.54) is 12.0 Å². The highest BCUT2D eigenvalue weighted by Crippen LogP contribution is 2.22. The maximum Gasteiger partial charge on any atom is 0.323 e. The molecule has 0 aromatic heterocycles. The number of hydrogen-bond acceptors (Lipinski definition) is 3. The van der Waals surface area contributed by atoms with Crippen LogP contribution >= 0.6 is 0 Å². The van der Waals surface area contributed by atoms with Crippen molar-refractivity contribution in [1.29, 1.82) is 0 Å². The molecule has 0 spiro atoms. The van der Waals surface area contributed by atoms with Crippen LogP contribution in [0.1, 0.15) is 36.2 Å². The Kier molecular flexibility index (Phi) is 5.55. The molecule has 1 aromatic carbocycles. The number of methoxy groups -OCH3 is 1. The summed E-state index contributed by atoms with van der Waals surface area (Å²) in [5.41, 5.74) is 1.32. The molecule has 1 atom stereocenters. The summed E-state index contributed by atoms with van der Waals surface area (Å²) in [6.45, 7) is 5.31. The van der Waals surface area contributed by atoms with Crippen molar-refractivity contribution in [2.45, 2.75) is 33.2 Å². The molecule has 1 aromatic rings. The van der Waals surface area contributed by atoms with Crippen LogP contribution in [0.5, 0.6) is 5.75 Å². The SMILES string of the molecule is CCC(C)N(CC(=O)O)C(=O)c1cc(C)ccc1OC. The number of carbonyl (C=O) groups is 2. The zero-order chi connectivity index (χ0) is 15.3. The van der Waals surface area contributed by atoms with Crippen LogP contribution in [0.2, 0.25) is 0 Å². The number of carboxylic acids is 1. The van der Waals surface area contributed by atoms with E-state index < -0.39 is 5.97 Å². The lowest BCUT2D eigenvalue weighted by Crippen LogP contribution is -2.42. The molecule has 0 heterocycles. The smallest absolute Gasteiger partial charge is 0.323 e. The molecule has 0 fully saturated rings. The number of benzene rings is 1. The van der Waals surface area contributed by atoms with Gasteiger partial charge in [-0.05, 0) is 32.4 Å². The van der Waals surface area contributed by atoms with Gasteiger partial charge in [0, 0.05) is 6.04 Å². The minimum atomic E-state index is -1.02. The highest BCUT2D eigenvalue weighted by atomic mass is 16.5. The van der Waals surface area contributed by atoms with Crippen molar-refractivity contribution in [3.05, 3.63) is 29.3 Å². The Labute approximate surface area is 119 Å². The molecule has 0 saturated carbocycles. The topological polar surface area (TPSA) is 66.8 Å². The number of aliphatic carboxylic acids is 1. The van der Waals surface area contributed by atoms with Crippen LogP contribution in [0.4, 0.5) is 0 Å². The van der Waals surface area contributed by atoms with Gasteiger partial charge in [-0.2, -0.15) is 0 Å². The minimum absolute atomic E-state index is 0.149. The number of amides is 1. The quantitative estimate of drug-likeness (QED) is 0.868. The molecule has 0 aliphatic heterocycles. The number of carboxylic acid groups (broad SMARTS) is 1. The Morgan fingerprint density at radius 2 is 2.05 bits per heavy atom. The maximum absolute atomic E-state index is 12.6. The molecule has 5 nitrogen and oxygen atoms in total. The Bertz CT molecular complexity index is 499. The standard InChI is InChI=1S/C15H21NO4/c1-5-11(3)16(9-14(17)18)15(19)12-8-10(2)6-7-13(12)20-4/h6-8,11H,5,9H2,1-4H3,(H,17,18). The molecule has 0 aliphatic rings. The van der Waals surface area contributed by atoms with Gasteiger partial charge < -0.3 is 14.7 Å². The van der Waals surface area contributed by atoms with E-state index in [1.54, 1.807) is 12.1 Å². The van der Waals surface area contributed by atoms with Crippen LogP contribution < -0.4 is 4.74 Å². The summed E-state index contributed by atoms with van der Waals surface area (Å²) in [5, 5.41) is 8.98. The van der Waals surface area contributed by atoms with Gasteiger partial charge in [-0.15, -0.1) is 0 Å². The molecule has 5 heteroatoms. The second kappa shape index (κ2) is 6.93. The molecule has 1 rings (SSSR count). The lowest BCUT2D eigenvalue weighted by molar-refractivity contribution is -0.138. The molecule has 0 radical (unpaired) electrons. The molecule has 20 heavy (non-hydrogen) atoms. The largest absolute Gasteiger partial charge is 0.496 e. The second-order valence-electron chi connectivity index (χ2n) is 4.79. The predicted octanol–water partition coefficient (Wildman–Crippen LogP) is 2.33. The number of nitrogens with zero attached hydrogens (tertiary/aromatic N) is 1. The highest BCUT2D eigenvalue weighted by molar-refractivity contribution is 5.98. The van der Waals surface area contributed by atoms with E-state index in [0.29, 0.717) is 17.7 Å². The third-order valence-electron chi connectivity index (χ3n) is 3.27. The van der Waals surface area contributed by atoms with Gasteiger partial charge in [-0.25, -0.2) is 0 Å². The van der Waals surface area contributed by atoms with Crippen LogP contribution in [-0.2, 0) is 4.79 Å². The summed E-state index contributed by atoms with van der Waals surface area (Å²) >= 11 is 0. The van der Waals surface area contributed by atoms with Crippen molar-refractivity contribution >= 4 is 11.9 Å². The first-order valence-electron chi connectivity index (χ1n) is 6.58. The monoisotopic (exact) mass is 279 g/mol. The number of aryl methyl sites for hydroxylation is 1. The molecule has 1 unspecified atom stereocenters. The Balaban J connectivity index is 3.17. The summed E-state index contributed by atoms with van der Waals surface area (Å²) in [4.78, 5) is 24.9. The molecule has 1 amide bonds. The lowest BCUT2D eigenvalue weighted by Gasteiger charge is -2.27. The minimum Gasteiger partial charge on any atom is -0.496 e. The first kappa shape index (κ1) is 16.0. The van der Waals surface area contributed by atoms with Gasteiger partial charge >= 0.3 is 5.97 Å². The van der Waals surface area contributed by atoms with Crippen LogP contribution in [0.3, 0.4) is 0 Å². The fourth-order valence-corrected chi connectivity index (χ4v) is 1.94. The first-order chi connectivity index (χ1) is 9.40. The third-order valence-corrected chi connectivity index (χ3v) is 3.27. The molecule has 0 aliphatic carbocycles. The van der Waals surface area contributed by atoms with Crippen molar-refractivity contribution in [1.82, 2.24) is 4.90 Å². The van der Waals surface area contributed by atoms with E-state index in [-0.39, 0.29) is 18.5 Å². The fraction of sp³-hybridized carbons (Fsp3) is 0.467. The molecular formula is C15H21NO4. The predicted molar refractivity (Wildman–Crippen MR) is 76.2 cm³/mol. The Hall–Kier alpha value is -2.04. The van der Waals surface area contributed by atoms with Gasteiger partial charge in [0.1, 0.15) is 12.3 Å². The van der Waals surface area contributed by atoms with E-state index in [1.807, 2.05) is 26.8 Å². The summed E-state index contributed by atoms with van der Waals surface area (Å²) in [5.74, 6) is -0.883. The number of rotatable bonds is 6. The van der Waals surface area contributed by atoms with Gasteiger partial charge in [-0.3, -0.25) is 9.59 Å². The maximum atomic E-state index is 12.6. The van der Waals surface area contributed by atoms with E-state index in [4.69, 9.17) is 9.84 Å². The first-order valence-corrected chi connectivity index (χ1v) is 6.58. The van der Waals surface area contributed by atoms with E-state index >= 15 is 0 Å². The Morgan fingerprint density at radius 1 is 1.40 bits per heavy atom. The van der Waals surface area contributed by atoms with E-state index in [9.17, 15) is 9.59 Å². The highest BCUT2D eigenvalue weighted by Gasteiger charge is 2.25. The summed E-state index contributed by atoms with van der Waals surface area (Å²) in [6, 6.07) is 5.14. The zero-order valence-electron chi connectivity index (χ0n) is 12.3. The molecule has 110 valence electrons. The van der Waals surface area contributed by atoms with Crippen LogP contribution in [0.25, 0.3) is 0 Å².